The first kappa shape index (κ1) is 15.0. The molecule has 0 aliphatic rings. The number of nitrogens with one attached hydrogen (secondary N) is 1. The Labute approximate surface area is 124 Å². The Morgan fingerprint density at radius 3 is 2.60 bits per heavy atom. The van der Waals surface area contributed by atoms with Crippen LogP contribution in [0.4, 0.5) is 5.69 Å². The molecular formula is C15H21N3OS. The summed E-state index contributed by atoms with van der Waals surface area (Å²) in [6.07, 6.45) is 1.85. The van der Waals surface area contributed by atoms with E-state index >= 15 is 0 Å². The third kappa shape index (κ3) is 3.79. The zero-order chi connectivity index (χ0) is 14.4. The highest BCUT2D eigenvalue weighted by Crippen LogP contribution is 2.25. The number of benzene rings is 1. The molecule has 0 saturated heterocycles. The first-order valence-corrected chi connectivity index (χ1v) is 7.49. The van der Waals surface area contributed by atoms with Gasteiger partial charge in [0.05, 0.1) is 12.6 Å². The van der Waals surface area contributed by atoms with Gasteiger partial charge in [-0.15, -0.1) is 11.3 Å². The molecule has 20 heavy (non-hydrogen) atoms. The topological polar surface area (TPSA) is 37.4 Å². The van der Waals surface area contributed by atoms with Gasteiger partial charge in [-0.1, -0.05) is 12.1 Å². The Morgan fingerprint density at radius 1 is 1.30 bits per heavy atom. The van der Waals surface area contributed by atoms with Gasteiger partial charge in [0, 0.05) is 45.0 Å². The fourth-order valence-electron chi connectivity index (χ4n) is 2.00. The maximum atomic E-state index is 5.11. The van der Waals surface area contributed by atoms with Crippen LogP contribution in [0.5, 0.6) is 0 Å². The van der Waals surface area contributed by atoms with Crippen molar-refractivity contribution in [2.24, 2.45) is 0 Å². The number of hydrogen-bond acceptors (Lipinski definition) is 5. The van der Waals surface area contributed by atoms with Gasteiger partial charge < -0.3 is 15.0 Å². The second-order valence-corrected chi connectivity index (χ2v) is 5.66. The third-order valence-electron chi connectivity index (χ3n) is 3.10. The van der Waals surface area contributed by atoms with Crippen molar-refractivity contribution >= 4 is 17.0 Å². The van der Waals surface area contributed by atoms with Crippen molar-refractivity contribution in [2.45, 2.75) is 6.04 Å². The lowest BCUT2D eigenvalue weighted by molar-refractivity contribution is 0.197. The van der Waals surface area contributed by atoms with Gasteiger partial charge in [-0.2, -0.15) is 0 Å². The molecule has 1 N–H and O–H groups in total. The number of nitrogens with zero attached hydrogens (tertiary/aromatic N) is 2. The molecule has 1 heterocycles. The molecule has 1 atom stereocenters. The average molecular weight is 291 g/mol. The van der Waals surface area contributed by atoms with Crippen LogP contribution in [0.1, 0.15) is 16.6 Å². The number of aromatic nitrogens is 1. The molecule has 2 aromatic rings. The Balaban J connectivity index is 2.17. The molecule has 1 unspecified atom stereocenters. The molecule has 1 aromatic heterocycles. The smallest absolute Gasteiger partial charge is 0.114 e. The fraction of sp³-hybridized carbons (Fsp3) is 0.400. The van der Waals surface area contributed by atoms with Crippen molar-refractivity contribution in [2.75, 3.05) is 39.3 Å². The van der Waals surface area contributed by atoms with Crippen molar-refractivity contribution in [3.8, 4) is 0 Å². The van der Waals surface area contributed by atoms with Crippen molar-refractivity contribution in [1.29, 1.82) is 0 Å². The molecule has 0 spiro atoms. The Kier molecular flexibility index (Phi) is 5.52. The fourth-order valence-corrected chi connectivity index (χ4v) is 2.73. The molecule has 0 bridgehead atoms. The summed E-state index contributed by atoms with van der Waals surface area (Å²) >= 11 is 1.67. The van der Waals surface area contributed by atoms with Crippen molar-refractivity contribution in [3.05, 3.63) is 46.4 Å². The summed E-state index contributed by atoms with van der Waals surface area (Å²) in [5, 5.41) is 6.59. The number of methoxy groups -OCH3 is 1. The standard InChI is InChI=1S/C15H21N3OS/c1-18(2)13-6-4-12(5-7-13)14(16-8-10-19-3)15-17-9-11-20-15/h4-7,9,11,14,16H,8,10H2,1-3H3. The van der Waals surface area contributed by atoms with Crippen LogP contribution >= 0.6 is 11.3 Å². The van der Waals surface area contributed by atoms with E-state index in [1.807, 2.05) is 25.7 Å². The minimum Gasteiger partial charge on any atom is -0.383 e. The minimum absolute atomic E-state index is 0.126. The van der Waals surface area contributed by atoms with Crippen LogP contribution in [0.25, 0.3) is 0 Å². The lowest BCUT2D eigenvalue weighted by Crippen LogP contribution is -2.26. The third-order valence-corrected chi connectivity index (χ3v) is 3.94. The van der Waals surface area contributed by atoms with Gasteiger partial charge >= 0.3 is 0 Å². The van der Waals surface area contributed by atoms with E-state index < -0.39 is 0 Å². The quantitative estimate of drug-likeness (QED) is 0.796. The summed E-state index contributed by atoms with van der Waals surface area (Å²) < 4.78 is 5.11. The molecule has 0 fully saturated rings. The van der Waals surface area contributed by atoms with Gasteiger partial charge in [0.25, 0.3) is 0 Å². The van der Waals surface area contributed by atoms with E-state index in [2.05, 4.69) is 39.5 Å². The zero-order valence-electron chi connectivity index (χ0n) is 12.2. The van der Waals surface area contributed by atoms with Crippen LogP contribution in [0.3, 0.4) is 0 Å². The van der Waals surface area contributed by atoms with Crippen molar-refractivity contribution in [3.63, 3.8) is 0 Å². The lowest BCUT2D eigenvalue weighted by atomic mass is 10.1. The maximum absolute atomic E-state index is 5.11. The summed E-state index contributed by atoms with van der Waals surface area (Å²) in [4.78, 5) is 6.53. The average Bonchev–Trinajstić information content (AvgIpc) is 2.98. The molecular weight excluding hydrogens is 270 g/mol. The van der Waals surface area contributed by atoms with Crippen LogP contribution in [0.2, 0.25) is 0 Å². The van der Waals surface area contributed by atoms with Crippen LogP contribution in [0, 0.1) is 0 Å². The Hall–Kier alpha value is -1.43. The normalized spacial score (nSPS) is 12.3. The Morgan fingerprint density at radius 2 is 2.05 bits per heavy atom. The first-order valence-electron chi connectivity index (χ1n) is 6.61. The van der Waals surface area contributed by atoms with E-state index in [9.17, 15) is 0 Å². The molecule has 0 aliphatic heterocycles. The number of thiazole rings is 1. The van der Waals surface area contributed by atoms with E-state index in [4.69, 9.17) is 4.74 Å². The molecule has 108 valence electrons. The summed E-state index contributed by atoms with van der Waals surface area (Å²) in [5.74, 6) is 0. The Bertz CT molecular complexity index is 496. The lowest BCUT2D eigenvalue weighted by Gasteiger charge is -2.18. The van der Waals surface area contributed by atoms with E-state index in [1.165, 1.54) is 11.3 Å². The van der Waals surface area contributed by atoms with Crippen LogP contribution < -0.4 is 10.2 Å². The van der Waals surface area contributed by atoms with Gasteiger partial charge in [-0.3, -0.25) is 0 Å². The second-order valence-electron chi connectivity index (χ2n) is 4.74. The van der Waals surface area contributed by atoms with Crippen LogP contribution in [-0.2, 0) is 4.74 Å². The molecule has 0 amide bonds. The SMILES string of the molecule is COCCNC(c1ccc(N(C)C)cc1)c1nccs1. The molecule has 4 nitrogen and oxygen atoms in total. The molecule has 1 aromatic carbocycles. The van der Waals surface area contributed by atoms with Gasteiger partial charge in [0.2, 0.25) is 0 Å². The van der Waals surface area contributed by atoms with E-state index in [1.54, 1.807) is 18.4 Å². The van der Waals surface area contributed by atoms with Gasteiger partial charge in [0.15, 0.2) is 0 Å². The number of rotatable bonds is 7. The highest BCUT2D eigenvalue weighted by atomic mass is 32.1. The number of hydrogen-bond donors (Lipinski definition) is 1. The maximum Gasteiger partial charge on any atom is 0.114 e. The van der Waals surface area contributed by atoms with Crippen molar-refractivity contribution in [1.82, 2.24) is 10.3 Å². The molecule has 0 saturated carbocycles. The predicted octanol–water partition coefficient (Wildman–Crippen LogP) is 2.53. The van der Waals surface area contributed by atoms with Crippen LogP contribution in [-0.4, -0.2) is 39.3 Å². The monoisotopic (exact) mass is 291 g/mol. The van der Waals surface area contributed by atoms with Crippen LogP contribution in [0.15, 0.2) is 35.8 Å². The van der Waals surface area contributed by atoms with Gasteiger partial charge in [0.1, 0.15) is 5.01 Å². The minimum atomic E-state index is 0.126. The summed E-state index contributed by atoms with van der Waals surface area (Å²) in [6, 6.07) is 8.70. The van der Waals surface area contributed by atoms with E-state index in [0.29, 0.717) is 6.61 Å². The second kappa shape index (κ2) is 7.38. The highest BCUT2D eigenvalue weighted by Gasteiger charge is 2.15. The number of anilines is 1. The highest BCUT2D eigenvalue weighted by molar-refractivity contribution is 7.09. The molecule has 0 radical (unpaired) electrons. The van der Waals surface area contributed by atoms with Gasteiger partial charge in [-0.05, 0) is 17.7 Å². The molecule has 5 heteroatoms. The molecule has 0 aliphatic carbocycles. The largest absolute Gasteiger partial charge is 0.383 e. The first-order chi connectivity index (χ1) is 9.72. The summed E-state index contributed by atoms with van der Waals surface area (Å²) in [7, 11) is 5.81. The van der Waals surface area contributed by atoms with E-state index in [0.717, 1.165) is 11.6 Å². The summed E-state index contributed by atoms with van der Waals surface area (Å²) in [5.41, 5.74) is 2.42. The van der Waals surface area contributed by atoms with Crippen molar-refractivity contribution < 1.29 is 4.74 Å². The number of ether oxygens (including phenoxy) is 1. The molecule has 2 rings (SSSR count). The van der Waals surface area contributed by atoms with Gasteiger partial charge in [-0.25, -0.2) is 4.98 Å². The van der Waals surface area contributed by atoms with E-state index in [-0.39, 0.29) is 6.04 Å². The summed E-state index contributed by atoms with van der Waals surface area (Å²) in [6.45, 7) is 1.49. The zero-order valence-corrected chi connectivity index (χ0v) is 13.0. The predicted molar refractivity (Wildman–Crippen MR) is 84.6 cm³/mol.